The second kappa shape index (κ2) is 14.0. The molecule has 2 aromatic carbocycles. The van der Waals surface area contributed by atoms with Gasteiger partial charge < -0.3 is 0 Å². The Morgan fingerprint density at radius 3 is 1.23 bits per heavy atom. The van der Waals surface area contributed by atoms with Crippen LogP contribution in [0.1, 0.15) is 78.4 Å². The standard InChI is InChI=1S/C32H42O2S/c1-25(2)9-7-11-27(5)13-15-29-17-21-31(22-18-29)35(33,34)32-23-19-30(20-24-32)16-14-28(6)12-8-10-26(3)4/h9-10,13-14,17-24H,7-8,11-12,15-16H2,1-6H3/b27-13+,28-14+. The Kier molecular flexibility index (Phi) is 11.5. The molecule has 0 unspecified atom stereocenters. The van der Waals surface area contributed by atoms with Crippen LogP contribution >= 0.6 is 0 Å². The highest BCUT2D eigenvalue weighted by Crippen LogP contribution is 2.22. The van der Waals surface area contributed by atoms with Gasteiger partial charge in [-0.1, -0.05) is 70.9 Å². The minimum absolute atomic E-state index is 0.341. The SMILES string of the molecule is CC(C)=CCC/C(C)=C/Cc1ccc(S(=O)(=O)c2ccc(C/C=C(\C)CCC=C(C)C)cc2)cc1. The molecule has 188 valence electrons. The van der Waals surface area contributed by atoms with E-state index in [4.69, 9.17) is 0 Å². The van der Waals surface area contributed by atoms with Gasteiger partial charge in [0.2, 0.25) is 9.84 Å². The summed E-state index contributed by atoms with van der Waals surface area (Å²) in [6, 6.07) is 14.6. The lowest BCUT2D eigenvalue weighted by atomic mass is 10.1. The number of hydrogen-bond acceptors (Lipinski definition) is 2. The maximum Gasteiger partial charge on any atom is 0.206 e. The molecule has 0 saturated heterocycles. The molecule has 0 N–H and O–H groups in total. The molecule has 3 heteroatoms. The third kappa shape index (κ3) is 10.2. The molecule has 0 aliphatic heterocycles. The van der Waals surface area contributed by atoms with E-state index >= 15 is 0 Å². The van der Waals surface area contributed by atoms with E-state index in [9.17, 15) is 8.42 Å². The van der Waals surface area contributed by atoms with Crippen molar-refractivity contribution in [2.24, 2.45) is 0 Å². The fourth-order valence-electron chi connectivity index (χ4n) is 3.71. The Morgan fingerprint density at radius 1 is 0.571 bits per heavy atom. The summed E-state index contributed by atoms with van der Waals surface area (Å²) in [4.78, 5) is 0.682. The molecule has 0 aromatic heterocycles. The van der Waals surface area contributed by atoms with Gasteiger partial charge in [-0.2, -0.15) is 0 Å². The molecule has 0 amide bonds. The molecular weight excluding hydrogens is 448 g/mol. The monoisotopic (exact) mass is 490 g/mol. The molecule has 2 aromatic rings. The molecule has 0 radical (unpaired) electrons. The molecule has 0 aliphatic rings. The van der Waals surface area contributed by atoms with Crippen molar-refractivity contribution >= 4 is 9.84 Å². The number of hydrogen-bond donors (Lipinski definition) is 0. The summed E-state index contributed by atoms with van der Waals surface area (Å²) < 4.78 is 26.2. The van der Waals surface area contributed by atoms with Gasteiger partial charge >= 0.3 is 0 Å². The van der Waals surface area contributed by atoms with Crippen LogP contribution < -0.4 is 0 Å². The molecular formula is C32H42O2S. The average Bonchev–Trinajstić information content (AvgIpc) is 2.81. The Labute approximate surface area is 214 Å². The molecule has 0 bridgehead atoms. The summed E-state index contributed by atoms with van der Waals surface area (Å²) in [5.41, 5.74) is 7.65. The van der Waals surface area contributed by atoms with Crippen molar-refractivity contribution in [2.75, 3.05) is 0 Å². The molecule has 35 heavy (non-hydrogen) atoms. The van der Waals surface area contributed by atoms with Crippen LogP contribution in [0.5, 0.6) is 0 Å². The van der Waals surface area contributed by atoms with Gasteiger partial charge in [-0.15, -0.1) is 0 Å². The zero-order valence-electron chi connectivity index (χ0n) is 22.4. The van der Waals surface area contributed by atoms with Crippen LogP contribution in [0.25, 0.3) is 0 Å². The lowest BCUT2D eigenvalue weighted by Crippen LogP contribution is -2.02. The van der Waals surface area contributed by atoms with Crippen LogP contribution in [-0.4, -0.2) is 8.42 Å². The van der Waals surface area contributed by atoms with Gasteiger partial charge in [-0.05, 0) is 115 Å². The van der Waals surface area contributed by atoms with E-state index in [0.717, 1.165) is 49.7 Å². The summed E-state index contributed by atoms with van der Waals surface area (Å²) in [6.45, 7) is 12.8. The molecule has 0 aliphatic carbocycles. The second-order valence-corrected chi connectivity index (χ2v) is 11.9. The Bertz CT molecular complexity index is 1080. The maximum atomic E-state index is 13.1. The molecule has 0 spiro atoms. The topological polar surface area (TPSA) is 34.1 Å². The smallest absolute Gasteiger partial charge is 0.206 e. The van der Waals surface area contributed by atoms with Crippen molar-refractivity contribution in [3.63, 3.8) is 0 Å². The van der Waals surface area contributed by atoms with Gasteiger partial charge in [0.05, 0.1) is 9.79 Å². The van der Waals surface area contributed by atoms with Crippen LogP contribution in [0, 0.1) is 0 Å². The van der Waals surface area contributed by atoms with Gasteiger partial charge in [0, 0.05) is 0 Å². The van der Waals surface area contributed by atoms with Gasteiger partial charge in [-0.25, -0.2) is 8.42 Å². The Hall–Kier alpha value is -2.65. The molecule has 0 fully saturated rings. The summed E-state index contributed by atoms with van der Waals surface area (Å²) in [6.07, 6.45) is 14.9. The number of benzene rings is 2. The highest BCUT2D eigenvalue weighted by Gasteiger charge is 2.17. The third-order valence-corrected chi connectivity index (χ3v) is 7.81. The van der Waals surface area contributed by atoms with Crippen molar-refractivity contribution in [2.45, 2.75) is 89.9 Å². The van der Waals surface area contributed by atoms with Crippen LogP contribution in [0.15, 0.2) is 105 Å². The Balaban J connectivity index is 1.99. The summed E-state index contributed by atoms with van der Waals surface area (Å²) in [5.74, 6) is 0. The Morgan fingerprint density at radius 2 is 0.914 bits per heavy atom. The van der Waals surface area contributed by atoms with E-state index in [-0.39, 0.29) is 0 Å². The van der Waals surface area contributed by atoms with Crippen molar-refractivity contribution in [1.29, 1.82) is 0 Å². The van der Waals surface area contributed by atoms with E-state index in [1.54, 1.807) is 24.3 Å². The predicted octanol–water partition coefficient (Wildman–Crippen LogP) is 8.99. The zero-order valence-corrected chi connectivity index (χ0v) is 23.2. The summed E-state index contributed by atoms with van der Waals surface area (Å²) in [7, 11) is -3.52. The minimum Gasteiger partial charge on any atom is -0.219 e. The highest BCUT2D eigenvalue weighted by molar-refractivity contribution is 7.91. The third-order valence-electron chi connectivity index (χ3n) is 6.02. The number of rotatable bonds is 12. The lowest BCUT2D eigenvalue weighted by Gasteiger charge is -2.07. The fourth-order valence-corrected chi connectivity index (χ4v) is 4.97. The number of allylic oxidation sites excluding steroid dienone is 8. The first-order valence-electron chi connectivity index (χ1n) is 12.6. The largest absolute Gasteiger partial charge is 0.219 e. The molecule has 0 heterocycles. The van der Waals surface area contributed by atoms with Crippen LogP contribution in [0.2, 0.25) is 0 Å². The minimum atomic E-state index is -3.52. The van der Waals surface area contributed by atoms with E-state index in [2.05, 4.69) is 65.8 Å². The lowest BCUT2D eigenvalue weighted by molar-refractivity contribution is 0.596. The molecule has 2 nitrogen and oxygen atoms in total. The first-order chi connectivity index (χ1) is 16.6. The highest BCUT2D eigenvalue weighted by atomic mass is 32.2. The van der Waals surface area contributed by atoms with Crippen molar-refractivity contribution in [1.82, 2.24) is 0 Å². The van der Waals surface area contributed by atoms with Crippen molar-refractivity contribution < 1.29 is 8.42 Å². The fraction of sp³-hybridized carbons (Fsp3) is 0.375. The van der Waals surface area contributed by atoms with Gasteiger partial charge in [-0.3, -0.25) is 0 Å². The van der Waals surface area contributed by atoms with Crippen LogP contribution in [0.3, 0.4) is 0 Å². The molecule has 0 saturated carbocycles. The second-order valence-electron chi connectivity index (χ2n) is 9.94. The van der Waals surface area contributed by atoms with E-state index in [0.29, 0.717) is 9.79 Å². The van der Waals surface area contributed by atoms with Crippen molar-refractivity contribution in [3.05, 3.63) is 106 Å². The van der Waals surface area contributed by atoms with E-state index in [1.807, 2.05) is 24.3 Å². The number of sulfone groups is 1. The van der Waals surface area contributed by atoms with Crippen molar-refractivity contribution in [3.8, 4) is 0 Å². The van der Waals surface area contributed by atoms with Gasteiger partial charge in [0.15, 0.2) is 0 Å². The first kappa shape index (κ1) is 28.6. The zero-order chi connectivity index (χ0) is 25.8. The molecule has 0 atom stereocenters. The first-order valence-corrected chi connectivity index (χ1v) is 14.1. The van der Waals surface area contributed by atoms with Crippen LogP contribution in [0.4, 0.5) is 0 Å². The average molecular weight is 491 g/mol. The van der Waals surface area contributed by atoms with Gasteiger partial charge in [0.1, 0.15) is 0 Å². The van der Waals surface area contributed by atoms with Crippen LogP contribution in [-0.2, 0) is 22.7 Å². The van der Waals surface area contributed by atoms with E-state index < -0.39 is 9.84 Å². The quantitative estimate of drug-likeness (QED) is 0.278. The van der Waals surface area contributed by atoms with Gasteiger partial charge in [0.25, 0.3) is 0 Å². The molecule has 2 rings (SSSR count). The maximum absolute atomic E-state index is 13.1. The summed E-state index contributed by atoms with van der Waals surface area (Å²) >= 11 is 0. The van der Waals surface area contributed by atoms with E-state index in [1.165, 1.54) is 22.3 Å². The summed E-state index contributed by atoms with van der Waals surface area (Å²) in [5, 5.41) is 0. The predicted molar refractivity (Wildman–Crippen MR) is 151 cm³/mol. The normalized spacial score (nSPS) is 12.4.